The number of rotatable bonds is 6. The molecular weight excluding hydrogens is 492 g/mol. The maximum absolute atomic E-state index is 4.55. The van der Waals surface area contributed by atoms with E-state index in [2.05, 4.69) is 145 Å². The molecule has 0 saturated heterocycles. The molecule has 0 bridgehead atoms. The van der Waals surface area contributed by atoms with E-state index in [1.54, 1.807) is 11.8 Å². The topological polar surface area (TPSA) is 25.8 Å². The van der Waals surface area contributed by atoms with E-state index >= 15 is 0 Å². The summed E-state index contributed by atoms with van der Waals surface area (Å²) in [5.74, 6) is 0. The predicted octanol–water partition coefficient (Wildman–Crippen LogP) is 9.89. The molecule has 0 fully saturated rings. The Kier molecular flexibility index (Phi) is 7.07. The van der Waals surface area contributed by atoms with Crippen molar-refractivity contribution in [3.63, 3.8) is 0 Å². The Labute approximate surface area is 233 Å². The van der Waals surface area contributed by atoms with Crippen molar-refractivity contribution < 1.29 is 0 Å². The third-order valence-corrected chi connectivity index (χ3v) is 7.64. The van der Waals surface area contributed by atoms with Crippen LogP contribution >= 0.6 is 11.8 Å². The van der Waals surface area contributed by atoms with Crippen molar-refractivity contribution in [2.45, 2.75) is 23.6 Å². The summed E-state index contributed by atoms with van der Waals surface area (Å²) in [6.45, 7) is 4.14. The van der Waals surface area contributed by atoms with Crippen LogP contribution < -0.4 is 0 Å². The molecule has 0 amide bonds. The van der Waals surface area contributed by atoms with Crippen LogP contribution in [-0.2, 0) is 0 Å². The first-order valence-electron chi connectivity index (χ1n) is 13.0. The zero-order valence-electron chi connectivity index (χ0n) is 22.0. The Bertz CT molecular complexity index is 1700. The van der Waals surface area contributed by atoms with Gasteiger partial charge in [0, 0.05) is 33.0 Å². The summed E-state index contributed by atoms with van der Waals surface area (Å²) in [5.41, 5.74) is 9.07. The van der Waals surface area contributed by atoms with Crippen molar-refractivity contribution in [2.24, 2.45) is 0 Å². The number of hydrogen-bond acceptors (Lipinski definition) is 3. The first-order valence-corrected chi connectivity index (χ1v) is 13.9. The maximum atomic E-state index is 4.55. The summed E-state index contributed by atoms with van der Waals surface area (Å²) >= 11 is 1.77. The van der Waals surface area contributed by atoms with Gasteiger partial charge in [-0.2, -0.15) is 0 Å². The molecule has 0 aliphatic carbocycles. The summed E-state index contributed by atoms with van der Waals surface area (Å²) in [4.78, 5) is 11.5. The molecule has 0 N–H and O–H groups in total. The number of aromatic nitrogens is 2. The van der Waals surface area contributed by atoms with E-state index in [4.69, 9.17) is 0 Å². The highest BCUT2D eigenvalue weighted by atomic mass is 32.2. The molecule has 0 unspecified atom stereocenters. The maximum Gasteiger partial charge on any atom is 0.0708 e. The minimum Gasteiger partial charge on any atom is -0.256 e. The lowest BCUT2D eigenvalue weighted by atomic mass is 10.1. The fourth-order valence-corrected chi connectivity index (χ4v) is 5.34. The molecular formula is C36H28N2S. The van der Waals surface area contributed by atoms with Crippen LogP contribution in [0.15, 0.2) is 119 Å². The summed E-state index contributed by atoms with van der Waals surface area (Å²) in [7, 11) is 0. The van der Waals surface area contributed by atoms with Crippen LogP contribution in [0.25, 0.3) is 46.1 Å². The Morgan fingerprint density at radius 2 is 0.846 bits per heavy atom. The Morgan fingerprint density at radius 1 is 0.462 bits per heavy atom. The van der Waals surface area contributed by atoms with E-state index in [1.807, 2.05) is 12.4 Å². The second-order valence-electron chi connectivity index (χ2n) is 9.84. The van der Waals surface area contributed by atoms with Gasteiger partial charge in [0.1, 0.15) is 0 Å². The molecule has 4 aromatic carbocycles. The van der Waals surface area contributed by atoms with Crippen LogP contribution in [0.4, 0.5) is 0 Å². The third-order valence-electron chi connectivity index (χ3n) is 6.62. The zero-order valence-corrected chi connectivity index (χ0v) is 22.8. The Hall–Kier alpha value is -4.47. The van der Waals surface area contributed by atoms with E-state index in [0.717, 1.165) is 22.2 Å². The van der Waals surface area contributed by atoms with Crippen molar-refractivity contribution >= 4 is 57.9 Å². The number of pyridine rings is 2. The molecule has 0 saturated carbocycles. The molecule has 188 valence electrons. The molecule has 0 radical (unpaired) electrons. The molecule has 0 spiro atoms. The first-order chi connectivity index (χ1) is 19.1. The lowest BCUT2D eigenvalue weighted by Gasteiger charge is -2.04. The second kappa shape index (κ2) is 11.1. The molecule has 6 rings (SSSR count). The minimum atomic E-state index is 1.03. The first kappa shape index (κ1) is 24.8. The molecule has 6 aromatic rings. The molecule has 39 heavy (non-hydrogen) atoms. The lowest BCUT2D eigenvalue weighted by Crippen LogP contribution is -1.82. The largest absolute Gasteiger partial charge is 0.256 e. The van der Waals surface area contributed by atoms with Crippen molar-refractivity contribution in [3.8, 4) is 0 Å². The predicted molar refractivity (Wildman–Crippen MR) is 168 cm³/mol. The van der Waals surface area contributed by atoms with Crippen LogP contribution in [0.3, 0.4) is 0 Å². The van der Waals surface area contributed by atoms with Gasteiger partial charge in [-0.05, 0) is 95.8 Å². The van der Waals surface area contributed by atoms with Gasteiger partial charge in [-0.15, -0.1) is 0 Å². The van der Waals surface area contributed by atoms with Crippen molar-refractivity contribution in [1.29, 1.82) is 0 Å². The molecule has 3 heteroatoms. The van der Waals surface area contributed by atoms with Gasteiger partial charge in [0.05, 0.1) is 11.0 Å². The van der Waals surface area contributed by atoms with Gasteiger partial charge in [0.25, 0.3) is 0 Å². The van der Waals surface area contributed by atoms with Crippen LogP contribution in [0.1, 0.15) is 33.4 Å². The smallest absolute Gasteiger partial charge is 0.0708 e. The number of benzene rings is 4. The minimum absolute atomic E-state index is 1.03. The van der Waals surface area contributed by atoms with Crippen molar-refractivity contribution in [3.05, 3.63) is 143 Å². The molecule has 0 aliphatic heterocycles. The monoisotopic (exact) mass is 520 g/mol. The molecule has 2 nitrogen and oxygen atoms in total. The second-order valence-corrected chi connectivity index (χ2v) is 11.0. The standard InChI is InChI=1S/C36H28N2S/c1-25-19-31-13-7-29(21-35(31)37-23-25)5-3-27-9-15-33(16-10-27)39-34-17-11-28(12-18-34)4-6-30-8-14-32-20-26(2)24-38-36(32)22-30/h3-24H,1-2H3/b5-3+,6-4+. The highest BCUT2D eigenvalue weighted by Gasteiger charge is 2.00. The third kappa shape index (κ3) is 6.17. The summed E-state index contributed by atoms with van der Waals surface area (Å²) in [6.07, 6.45) is 12.4. The number of hydrogen-bond donors (Lipinski definition) is 0. The van der Waals surface area contributed by atoms with E-state index in [0.29, 0.717) is 0 Å². The van der Waals surface area contributed by atoms with Crippen molar-refractivity contribution in [1.82, 2.24) is 9.97 Å². The number of aryl methyl sites for hydroxylation is 2. The van der Waals surface area contributed by atoms with E-state index < -0.39 is 0 Å². The number of nitrogens with zero attached hydrogens (tertiary/aromatic N) is 2. The SMILES string of the molecule is Cc1cnc2cc(/C=C/c3ccc(Sc4ccc(/C=C/c5ccc6cc(C)cnc6c5)cc4)cc3)ccc2c1. The Morgan fingerprint density at radius 3 is 1.28 bits per heavy atom. The van der Waals surface area contributed by atoms with Crippen LogP contribution in [0, 0.1) is 13.8 Å². The van der Waals surface area contributed by atoms with Gasteiger partial charge < -0.3 is 0 Å². The fraction of sp³-hybridized carbons (Fsp3) is 0.0556. The molecule has 0 atom stereocenters. The van der Waals surface area contributed by atoms with Gasteiger partial charge in [-0.1, -0.05) is 84.6 Å². The van der Waals surface area contributed by atoms with Gasteiger partial charge in [0.15, 0.2) is 0 Å². The number of fused-ring (bicyclic) bond motifs is 2. The van der Waals surface area contributed by atoms with Crippen LogP contribution in [-0.4, -0.2) is 9.97 Å². The average Bonchev–Trinajstić information content (AvgIpc) is 2.96. The quantitative estimate of drug-likeness (QED) is 0.204. The van der Waals surface area contributed by atoms with Gasteiger partial charge in [-0.25, -0.2) is 0 Å². The average molecular weight is 521 g/mol. The highest BCUT2D eigenvalue weighted by Crippen LogP contribution is 2.29. The zero-order chi connectivity index (χ0) is 26.6. The lowest BCUT2D eigenvalue weighted by molar-refractivity contribution is 1.33. The summed E-state index contributed by atoms with van der Waals surface area (Å²) in [6, 6.07) is 34.5. The van der Waals surface area contributed by atoms with E-state index in [9.17, 15) is 0 Å². The van der Waals surface area contributed by atoms with E-state index in [1.165, 1.54) is 42.8 Å². The van der Waals surface area contributed by atoms with Crippen molar-refractivity contribution in [2.75, 3.05) is 0 Å². The van der Waals surface area contributed by atoms with Gasteiger partial charge in [-0.3, -0.25) is 9.97 Å². The summed E-state index contributed by atoms with van der Waals surface area (Å²) in [5, 5.41) is 2.35. The molecule has 0 aliphatic rings. The van der Waals surface area contributed by atoms with Crippen LogP contribution in [0.2, 0.25) is 0 Å². The van der Waals surface area contributed by atoms with Crippen LogP contribution in [0.5, 0.6) is 0 Å². The Balaban J connectivity index is 1.08. The highest BCUT2D eigenvalue weighted by molar-refractivity contribution is 7.99. The molecule has 2 heterocycles. The van der Waals surface area contributed by atoms with E-state index in [-0.39, 0.29) is 0 Å². The normalized spacial score (nSPS) is 11.7. The summed E-state index contributed by atoms with van der Waals surface area (Å²) < 4.78 is 0. The fourth-order valence-electron chi connectivity index (χ4n) is 4.52. The van der Waals surface area contributed by atoms with Gasteiger partial charge >= 0.3 is 0 Å². The molecule has 2 aromatic heterocycles. The van der Waals surface area contributed by atoms with Gasteiger partial charge in [0.2, 0.25) is 0 Å².